The monoisotopic (exact) mass is 181 g/mol. The van der Waals surface area contributed by atoms with Crippen LogP contribution in [0, 0.1) is 0 Å². The zero-order chi connectivity index (χ0) is 10.1. The minimum Gasteiger partial charge on any atom is -0.324 e. The topological polar surface area (TPSA) is 71.8 Å². The molecule has 0 atom stereocenters. The Bertz CT molecular complexity index is 349. The molecule has 4 heteroatoms. The zero-order valence-electron chi connectivity index (χ0n) is 8.22. The summed E-state index contributed by atoms with van der Waals surface area (Å²) in [5.74, 6) is 0.526. The van der Waals surface area contributed by atoms with Crippen molar-refractivity contribution in [2.45, 2.75) is 32.7 Å². The van der Waals surface area contributed by atoms with E-state index in [9.17, 15) is 4.79 Å². The van der Waals surface area contributed by atoms with E-state index in [0.29, 0.717) is 11.4 Å². The number of nitrogens with two attached hydrogens (primary N) is 1. The van der Waals surface area contributed by atoms with E-state index in [4.69, 9.17) is 5.73 Å². The highest BCUT2D eigenvalue weighted by Crippen LogP contribution is 2.16. The summed E-state index contributed by atoms with van der Waals surface area (Å²) in [5.41, 5.74) is 5.76. The Morgan fingerprint density at radius 1 is 1.54 bits per heavy atom. The van der Waals surface area contributed by atoms with E-state index >= 15 is 0 Å². The number of aromatic amines is 1. The Hall–Kier alpha value is -1.16. The summed E-state index contributed by atoms with van der Waals surface area (Å²) in [6.07, 6.45) is 1.60. The van der Waals surface area contributed by atoms with Crippen LogP contribution < -0.4 is 11.3 Å². The second-order valence-electron chi connectivity index (χ2n) is 4.03. The van der Waals surface area contributed by atoms with E-state index in [2.05, 4.69) is 9.97 Å². The van der Waals surface area contributed by atoms with Gasteiger partial charge in [-0.15, -0.1) is 0 Å². The lowest BCUT2D eigenvalue weighted by Crippen LogP contribution is -2.26. The van der Waals surface area contributed by atoms with Gasteiger partial charge in [0.1, 0.15) is 5.82 Å². The van der Waals surface area contributed by atoms with Gasteiger partial charge in [0.15, 0.2) is 0 Å². The lowest BCUT2D eigenvalue weighted by atomic mass is 9.89. The first kappa shape index (κ1) is 9.92. The smallest absolute Gasteiger partial charge is 0.254 e. The summed E-state index contributed by atoms with van der Waals surface area (Å²) in [6, 6.07) is 0. The molecule has 0 spiro atoms. The van der Waals surface area contributed by atoms with Crippen LogP contribution in [0.5, 0.6) is 0 Å². The molecular formula is C9H15N3O. The van der Waals surface area contributed by atoms with E-state index in [0.717, 1.165) is 0 Å². The molecular weight excluding hydrogens is 166 g/mol. The maximum atomic E-state index is 11.5. The summed E-state index contributed by atoms with van der Waals surface area (Å²) in [6.45, 7) is 6.18. The maximum absolute atomic E-state index is 11.5. The average Bonchev–Trinajstić information content (AvgIpc) is 2.01. The molecule has 0 aromatic carbocycles. The lowest BCUT2D eigenvalue weighted by molar-refractivity contribution is 0.575. The van der Waals surface area contributed by atoms with Crippen molar-refractivity contribution in [3.05, 3.63) is 27.9 Å². The van der Waals surface area contributed by atoms with Gasteiger partial charge in [0.25, 0.3) is 5.56 Å². The van der Waals surface area contributed by atoms with Crippen molar-refractivity contribution in [3.8, 4) is 0 Å². The van der Waals surface area contributed by atoms with E-state index in [1.807, 2.05) is 20.8 Å². The van der Waals surface area contributed by atoms with E-state index in [-0.39, 0.29) is 17.5 Å². The molecule has 1 heterocycles. The molecule has 13 heavy (non-hydrogen) atoms. The summed E-state index contributed by atoms with van der Waals surface area (Å²) >= 11 is 0. The van der Waals surface area contributed by atoms with Gasteiger partial charge in [0, 0.05) is 11.8 Å². The van der Waals surface area contributed by atoms with Crippen molar-refractivity contribution in [2.24, 2.45) is 5.73 Å². The predicted molar refractivity (Wildman–Crippen MR) is 51.4 cm³/mol. The molecule has 72 valence electrons. The van der Waals surface area contributed by atoms with Crippen LogP contribution in [0.3, 0.4) is 0 Å². The second-order valence-corrected chi connectivity index (χ2v) is 4.03. The van der Waals surface area contributed by atoms with Crippen molar-refractivity contribution >= 4 is 0 Å². The molecule has 0 aliphatic rings. The Labute approximate surface area is 77.2 Å². The van der Waals surface area contributed by atoms with E-state index in [1.165, 1.54) is 0 Å². The van der Waals surface area contributed by atoms with E-state index < -0.39 is 0 Å². The average molecular weight is 181 g/mol. The molecule has 0 bridgehead atoms. The quantitative estimate of drug-likeness (QED) is 0.663. The molecule has 0 unspecified atom stereocenters. The van der Waals surface area contributed by atoms with Crippen LogP contribution in [0.4, 0.5) is 0 Å². The number of aromatic nitrogens is 2. The van der Waals surface area contributed by atoms with Crippen molar-refractivity contribution in [3.63, 3.8) is 0 Å². The molecule has 0 fully saturated rings. The third kappa shape index (κ3) is 2.15. The van der Waals surface area contributed by atoms with Crippen LogP contribution >= 0.6 is 0 Å². The van der Waals surface area contributed by atoms with Gasteiger partial charge >= 0.3 is 0 Å². The zero-order valence-corrected chi connectivity index (χ0v) is 8.22. The SMILES string of the molecule is CC(C)(C)c1cnc(CN)[nH]c1=O. The number of hydrogen-bond donors (Lipinski definition) is 2. The van der Waals surface area contributed by atoms with Crippen molar-refractivity contribution in [1.82, 2.24) is 9.97 Å². The summed E-state index contributed by atoms with van der Waals surface area (Å²) in [5, 5.41) is 0. The van der Waals surface area contributed by atoms with Gasteiger partial charge in [0.05, 0.1) is 6.54 Å². The molecule has 1 rings (SSSR count). The fraction of sp³-hybridized carbons (Fsp3) is 0.556. The normalized spacial score (nSPS) is 11.7. The highest BCUT2D eigenvalue weighted by molar-refractivity contribution is 5.15. The number of nitrogens with zero attached hydrogens (tertiary/aromatic N) is 1. The standard InChI is InChI=1S/C9H15N3O/c1-9(2,3)6-5-11-7(4-10)12-8(6)13/h5H,4,10H2,1-3H3,(H,11,12,13). The Morgan fingerprint density at radius 2 is 2.15 bits per heavy atom. The molecule has 0 saturated heterocycles. The number of rotatable bonds is 1. The molecule has 0 saturated carbocycles. The fourth-order valence-corrected chi connectivity index (χ4v) is 1.07. The van der Waals surface area contributed by atoms with Crippen LogP contribution in [-0.4, -0.2) is 9.97 Å². The molecule has 1 aromatic heterocycles. The van der Waals surface area contributed by atoms with Gasteiger partial charge < -0.3 is 10.7 Å². The molecule has 0 aliphatic heterocycles. The molecule has 0 radical (unpaired) electrons. The first-order chi connectivity index (χ1) is 5.95. The van der Waals surface area contributed by atoms with Crippen molar-refractivity contribution < 1.29 is 0 Å². The minimum atomic E-state index is -0.173. The fourth-order valence-electron chi connectivity index (χ4n) is 1.07. The Balaban J connectivity index is 3.21. The first-order valence-corrected chi connectivity index (χ1v) is 4.24. The van der Waals surface area contributed by atoms with Crippen LogP contribution in [0.2, 0.25) is 0 Å². The number of H-pyrrole nitrogens is 1. The highest BCUT2D eigenvalue weighted by Gasteiger charge is 2.17. The number of nitrogens with one attached hydrogen (secondary N) is 1. The number of hydrogen-bond acceptors (Lipinski definition) is 3. The minimum absolute atomic E-state index is 0.0945. The van der Waals surface area contributed by atoms with Gasteiger partial charge in [-0.05, 0) is 5.41 Å². The molecule has 0 aliphatic carbocycles. The maximum Gasteiger partial charge on any atom is 0.254 e. The third-order valence-electron chi connectivity index (χ3n) is 1.85. The van der Waals surface area contributed by atoms with Crippen molar-refractivity contribution in [1.29, 1.82) is 0 Å². The van der Waals surface area contributed by atoms with Crippen molar-refractivity contribution in [2.75, 3.05) is 0 Å². The predicted octanol–water partition coefficient (Wildman–Crippen LogP) is 0.526. The van der Waals surface area contributed by atoms with Gasteiger partial charge in [-0.25, -0.2) is 4.98 Å². The van der Waals surface area contributed by atoms with Gasteiger partial charge in [-0.1, -0.05) is 20.8 Å². The lowest BCUT2D eigenvalue weighted by Gasteiger charge is -2.16. The van der Waals surface area contributed by atoms with Crippen LogP contribution in [-0.2, 0) is 12.0 Å². The second kappa shape index (κ2) is 3.30. The van der Waals surface area contributed by atoms with Gasteiger partial charge in [0.2, 0.25) is 0 Å². The first-order valence-electron chi connectivity index (χ1n) is 4.24. The Kier molecular flexibility index (Phi) is 2.52. The van der Waals surface area contributed by atoms with Gasteiger partial charge in [-0.3, -0.25) is 4.79 Å². The Morgan fingerprint density at radius 3 is 2.54 bits per heavy atom. The molecule has 3 N–H and O–H groups in total. The van der Waals surface area contributed by atoms with E-state index in [1.54, 1.807) is 6.20 Å². The summed E-state index contributed by atoms with van der Waals surface area (Å²) in [7, 11) is 0. The molecule has 0 amide bonds. The largest absolute Gasteiger partial charge is 0.324 e. The third-order valence-corrected chi connectivity index (χ3v) is 1.85. The van der Waals surface area contributed by atoms with Gasteiger partial charge in [-0.2, -0.15) is 0 Å². The van der Waals surface area contributed by atoms with Crippen LogP contribution in [0.1, 0.15) is 32.2 Å². The molecule has 4 nitrogen and oxygen atoms in total. The summed E-state index contributed by atoms with van der Waals surface area (Å²) in [4.78, 5) is 18.2. The highest BCUT2D eigenvalue weighted by atomic mass is 16.1. The van der Waals surface area contributed by atoms with Crippen LogP contribution in [0.15, 0.2) is 11.0 Å². The van der Waals surface area contributed by atoms with Crippen LogP contribution in [0.25, 0.3) is 0 Å². The summed E-state index contributed by atoms with van der Waals surface area (Å²) < 4.78 is 0. The molecule has 1 aromatic rings.